The molecule has 1 rings (SSSR count). The minimum atomic E-state index is -2.52. The summed E-state index contributed by atoms with van der Waals surface area (Å²) in [7, 11) is 0. The maximum atomic E-state index is 4.00. The molecule has 1 heterocycles. The van der Waals surface area contributed by atoms with Crippen LogP contribution in [0.2, 0.25) is 6.86 Å². The average molecular weight is 319 g/mol. The van der Waals surface area contributed by atoms with Crippen molar-refractivity contribution in [3.05, 3.63) is 0 Å². The van der Waals surface area contributed by atoms with Crippen molar-refractivity contribution in [2.24, 2.45) is 0 Å². The van der Waals surface area contributed by atoms with Gasteiger partial charge in [0.1, 0.15) is 0 Å². The van der Waals surface area contributed by atoms with Gasteiger partial charge in [-0.15, -0.1) is 0 Å². The molecule has 0 aromatic carbocycles. The molecule has 1 saturated heterocycles. The maximum absolute atomic E-state index is 4.00. The third-order valence-corrected chi connectivity index (χ3v) is 21.8. The summed E-state index contributed by atoms with van der Waals surface area (Å²) >= 11 is -2.52. The first kappa shape index (κ1) is 13.8. The van der Waals surface area contributed by atoms with Crippen LogP contribution in [0.1, 0.15) is 55.4 Å². The molecule has 1 aliphatic heterocycles. The van der Waals surface area contributed by atoms with E-state index in [1.807, 2.05) is 0 Å². The van der Waals surface area contributed by atoms with Crippen LogP contribution in [0.15, 0.2) is 0 Å². The summed E-state index contributed by atoms with van der Waals surface area (Å²) in [6.07, 6.45) is 0. The van der Waals surface area contributed by atoms with Crippen molar-refractivity contribution in [3.63, 3.8) is 0 Å². The zero-order valence-corrected chi connectivity index (χ0v) is 14.5. The van der Waals surface area contributed by atoms with Gasteiger partial charge in [0.05, 0.1) is 0 Å². The molecule has 1 aliphatic rings. The molecule has 0 radical (unpaired) electrons. The van der Waals surface area contributed by atoms with Gasteiger partial charge in [0, 0.05) is 0 Å². The van der Waals surface area contributed by atoms with Gasteiger partial charge in [-0.05, 0) is 0 Å². The van der Waals surface area contributed by atoms with Crippen LogP contribution in [0.3, 0.4) is 0 Å². The number of hydrogen-bond donors (Lipinski definition) is 2. The van der Waals surface area contributed by atoms with Crippen molar-refractivity contribution in [1.29, 1.82) is 0 Å². The topological polar surface area (TPSA) is 24.1 Å². The van der Waals surface area contributed by atoms with E-state index in [-0.39, 0.29) is 0 Å². The number of rotatable bonds is 0. The zero-order chi connectivity index (χ0) is 12.1. The molecule has 2 nitrogen and oxygen atoms in total. The molecule has 2 N–H and O–H groups in total. The quantitative estimate of drug-likeness (QED) is 0.671. The molecule has 90 valence electrons. The molecular weight excluding hydrogens is 291 g/mol. The van der Waals surface area contributed by atoms with Gasteiger partial charge in [0.25, 0.3) is 0 Å². The first-order valence-electron chi connectivity index (χ1n) is 6.07. The van der Waals surface area contributed by atoms with Crippen LogP contribution in [-0.4, -0.2) is 31.0 Å². The van der Waals surface area contributed by atoms with E-state index >= 15 is 0 Å². The fourth-order valence-corrected chi connectivity index (χ4v) is 19.9. The Balaban J connectivity index is 3.12. The Kier molecular flexibility index (Phi) is 3.57. The molecule has 2 atom stereocenters. The summed E-state index contributed by atoms with van der Waals surface area (Å²) in [6.45, 7) is 19.0. The molecule has 3 heteroatoms. The van der Waals surface area contributed by atoms with Crippen LogP contribution in [0.5, 0.6) is 0 Å². The Morgan fingerprint density at radius 2 is 1.00 bits per heavy atom. The van der Waals surface area contributed by atoms with E-state index in [0.29, 0.717) is 18.9 Å². The summed E-state index contributed by atoms with van der Waals surface area (Å²) in [4.78, 5) is 0. The molecule has 0 bridgehead atoms. The predicted octanol–water partition coefficient (Wildman–Crippen LogP) is 3.00. The first-order valence-corrected chi connectivity index (χ1v) is 11.8. The first-order chi connectivity index (χ1) is 6.51. The summed E-state index contributed by atoms with van der Waals surface area (Å²) in [5.74, 6) is 0. The Hall–Kier alpha value is 0.719. The van der Waals surface area contributed by atoms with Gasteiger partial charge >= 0.3 is 100 Å². The van der Waals surface area contributed by atoms with E-state index in [1.165, 1.54) is 0 Å². The molecule has 0 aliphatic carbocycles. The van der Waals surface area contributed by atoms with Crippen molar-refractivity contribution in [1.82, 2.24) is 7.08 Å². The summed E-state index contributed by atoms with van der Waals surface area (Å²) in [5.41, 5.74) is 0. The second-order valence-corrected chi connectivity index (χ2v) is 21.6. The van der Waals surface area contributed by atoms with E-state index in [1.54, 1.807) is 0 Å². The third-order valence-electron chi connectivity index (χ3n) is 3.89. The second kappa shape index (κ2) is 3.88. The fourth-order valence-electron chi connectivity index (χ4n) is 2.97. The molecule has 1 fully saturated rings. The van der Waals surface area contributed by atoms with Crippen LogP contribution in [0, 0.1) is 0 Å². The molecular formula is C12H28N2Sn. The monoisotopic (exact) mass is 320 g/mol. The summed E-state index contributed by atoms with van der Waals surface area (Å²) in [6, 6.07) is 1.25. The zero-order valence-electron chi connectivity index (χ0n) is 11.7. The van der Waals surface area contributed by atoms with Crippen molar-refractivity contribution in [2.45, 2.75) is 74.3 Å². The molecule has 0 aromatic rings. The van der Waals surface area contributed by atoms with Gasteiger partial charge in [-0.25, -0.2) is 0 Å². The van der Waals surface area contributed by atoms with Gasteiger partial charge in [-0.2, -0.15) is 0 Å². The number of hydrogen-bond acceptors (Lipinski definition) is 2. The van der Waals surface area contributed by atoms with E-state index in [9.17, 15) is 0 Å². The Morgan fingerprint density at radius 3 is 1.13 bits per heavy atom. The summed E-state index contributed by atoms with van der Waals surface area (Å²) in [5, 5.41) is 0. The van der Waals surface area contributed by atoms with Crippen molar-refractivity contribution in [3.8, 4) is 0 Å². The Labute approximate surface area is 100 Å². The fraction of sp³-hybridized carbons (Fsp3) is 1.00. The van der Waals surface area contributed by atoms with Gasteiger partial charge < -0.3 is 0 Å². The van der Waals surface area contributed by atoms with Gasteiger partial charge in [0.15, 0.2) is 0 Å². The van der Waals surface area contributed by atoms with Crippen LogP contribution in [0.25, 0.3) is 0 Å². The third kappa shape index (κ3) is 2.22. The van der Waals surface area contributed by atoms with Crippen LogP contribution in [-0.2, 0) is 0 Å². The summed E-state index contributed by atoms with van der Waals surface area (Å²) < 4.78 is 8.81. The Morgan fingerprint density at radius 1 is 0.733 bits per heavy atom. The van der Waals surface area contributed by atoms with Crippen LogP contribution < -0.4 is 7.08 Å². The van der Waals surface area contributed by atoms with E-state index in [0.717, 1.165) is 0 Å². The molecule has 0 saturated carbocycles. The van der Waals surface area contributed by atoms with E-state index in [2.05, 4.69) is 62.5 Å². The second-order valence-electron chi connectivity index (χ2n) is 7.12. The molecule has 15 heavy (non-hydrogen) atoms. The standard InChI is InChI=1S/C4H10N2.2C4H9.Sn/c1-3(5)4(2)6;2*1-4(2)3;/h3-6H,1-2H3;2*1-3H3;/q-2;;;+2. The van der Waals surface area contributed by atoms with Gasteiger partial charge in [-0.3, -0.25) is 0 Å². The Bertz CT molecular complexity index is 211. The van der Waals surface area contributed by atoms with E-state index < -0.39 is 18.9 Å². The average Bonchev–Trinajstić information content (AvgIpc) is 2.26. The van der Waals surface area contributed by atoms with Crippen molar-refractivity contribution in [2.75, 3.05) is 0 Å². The van der Waals surface area contributed by atoms with Crippen molar-refractivity contribution < 1.29 is 0 Å². The predicted molar refractivity (Wildman–Crippen MR) is 70.4 cm³/mol. The van der Waals surface area contributed by atoms with Crippen molar-refractivity contribution >= 4 is 18.9 Å². The number of nitrogens with one attached hydrogen (secondary N) is 2. The minimum absolute atomic E-state index is 0.409. The molecule has 0 amide bonds. The van der Waals surface area contributed by atoms with E-state index in [4.69, 9.17) is 0 Å². The molecule has 0 spiro atoms. The van der Waals surface area contributed by atoms with Gasteiger partial charge in [0.2, 0.25) is 0 Å². The van der Waals surface area contributed by atoms with Crippen LogP contribution >= 0.6 is 0 Å². The SMILES string of the molecule is CC1[NH][Sn]([C](C)(C)C)([C](C)(C)C)[NH]C1C. The van der Waals surface area contributed by atoms with Crippen LogP contribution in [0.4, 0.5) is 0 Å². The normalized spacial score (nSPS) is 32.0. The molecule has 0 aromatic heterocycles. The molecule has 2 unspecified atom stereocenters. The van der Waals surface area contributed by atoms with Gasteiger partial charge in [-0.1, -0.05) is 0 Å².